The first kappa shape index (κ1) is 22.3. The molecule has 1 atom stereocenters. The van der Waals surface area contributed by atoms with Gasteiger partial charge in [-0.25, -0.2) is 0 Å². The summed E-state index contributed by atoms with van der Waals surface area (Å²) in [5.41, 5.74) is 3.83. The number of rotatable bonds is 7. The minimum Gasteiger partial charge on any atom is -0.497 e. The molecule has 5 rings (SSSR count). The zero-order valence-electron chi connectivity index (χ0n) is 20.0. The molecule has 0 radical (unpaired) electrons. The smallest absolute Gasteiger partial charge is 0.247 e. The molecule has 2 aromatic carbocycles. The molecule has 0 spiro atoms. The highest BCUT2D eigenvalue weighted by Crippen LogP contribution is 2.43. The molecule has 0 bridgehead atoms. The number of hydrogen-bond acceptors (Lipinski definition) is 3. The van der Waals surface area contributed by atoms with E-state index in [1.54, 1.807) is 7.11 Å². The van der Waals surface area contributed by atoms with E-state index >= 15 is 0 Å². The number of hydrogen-bond donors (Lipinski definition) is 0. The van der Waals surface area contributed by atoms with E-state index in [0.717, 1.165) is 41.2 Å². The quantitative estimate of drug-likeness (QED) is 0.504. The van der Waals surface area contributed by atoms with Gasteiger partial charge >= 0.3 is 0 Å². The maximum absolute atomic E-state index is 14.0. The maximum atomic E-state index is 14.0. The second-order valence-electron chi connectivity index (χ2n) is 9.58. The van der Waals surface area contributed by atoms with Crippen molar-refractivity contribution >= 4 is 17.5 Å². The number of benzene rings is 2. The molecule has 6 heteroatoms. The van der Waals surface area contributed by atoms with Crippen molar-refractivity contribution in [1.29, 1.82) is 0 Å². The summed E-state index contributed by atoms with van der Waals surface area (Å²) in [6, 6.07) is 19.8. The van der Waals surface area contributed by atoms with Crippen LogP contribution in [0.3, 0.4) is 0 Å². The van der Waals surface area contributed by atoms with E-state index in [4.69, 9.17) is 4.74 Å². The van der Waals surface area contributed by atoms with Gasteiger partial charge in [-0.1, -0.05) is 38.1 Å². The average Bonchev–Trinajstić information content (AvgIpc) is 3.56. The van der Waals surface area contributed by atoms with Gasteiger partial charge in [-0.15, -0.1) is 0 Å². The van der Waals surface area contributed by atoms with E-state index in [0.29, 0.717) is 6.42 Å². The highest BCUT2D eigenvalue weighted by molar-refractivity contribution is 6.00. The summed E-state index contributed by atoms with van der Waals surface area (Å²) in [5.74, 6) is 1.03. The molecule has 2 heterocycles. The van der Waals surface area contributed by atoms with Gasteiger partial charge in [-0.05, 0) is 60.7 Å². The summed E-state index contributed by atoms with van der Waals surface area (Å²) >= 11 is 0. The number of ether oxygens (including phenoxy) is 1. The maximum Gasteiger partial charge on any atom is 0.247 e. The Morgan fingerprint density at radius 3 is 2.35 bits per heavy atom. The number of nitrogens with zero attached hydrogens (tertiary/aromatic N) is 3. The minimum absolute atomic E-state index is 0.0651. The summed E-state index contributed by atoms with van der Waals surface area (Å²) in [6.45, 7) is 4.18. The number of amides is 2. The summed E-state index contributed by atoms with van der Waals surface area (Å²) in [6.07, 6.45) is 4.44. The van der Waals surface area contributed by atoms with Crippen LogP contribution in [-0.2, 0) is 9.59 Å². The Morgan fingerprint density at radius 1 is 1.00 bits per heavy atom. The van der Waals surface area contributed by atoms with Gasteiger partial charge in [0.25, 0.3) is 0 Å². The summed E-state index contributed by atoms with van der Waals surface area (Å²) in [4.78, 5) is 30.7. The molecule has 34 heavy (non-hydrogen) atoms. The molecule has 1 aliphatic carbocycles. The van der Waals surface area contributed by atoms with E-state index in [1.807, 2.05) is 84.4 Å². The first-order valence-electron chi connectivity index (χ1n) is 12.0. The van der Waals surface area contributed by atoms with Crippen molar-refractivity contribution in [3.8, 4) is 11.4 Å². The summed E-state index contributed by atoms with van der Waals surface area (Å²) in [5, 5.41) is 0. The minimum atomic E-state index is -0.301. The van der Waals surface area contributed by atoms with Crippen molar-refractivity contribution in [3.05, 3.63) is 78.1 Å². The topological polar surface area (TPSA) is 54.8 Å². The van der Waals surface area contributed by atoms with Crippen LogP contribution in [0.15, 0.2) is 66.9 Å². The first-order chi connectivity index (χ1) is 16.5. The first-order valence-corrected chi connectivity index (χ1v) is 12.0. The highest BCUT2D eigenvalue weighted by Gasteiger charge is 2.39. The molecule has 1 aliphatic heterocycles. The van der Waals surface area contributed by atoms with Crippen LogP contribution in [0.5, 0.6) is 5.75 Å². The van der Waals surface area contributed by atoms with E-state index in [1.165, 1.54) is 0 Å². The molecule has 3 aromatic rings. The number of para-hydroxylation sites is 2. The third-order valence-electron chi connectivity index (χ3n) is 6.62. The standard InChI is InChI=1S/C28H31N3O3/c1-19(2)17-26(32)30(21-12-13-21)18-27(33)31-24-8-5-4-7-23(24)29-16-6-9-25(29)28(31)20-10-14-22(34-3)15-11-20/h4-11,14-16,19,21,28H,12-13,17-18H2,1-3H3. The second kappa shape index (κ2) is 9.01. The lowest BCUT2D eigenvalue weighted by Crippen LogP contribution is -2.47. The van der Waals surface area contributed by atoms with Gasteiger partial charge in [0, 0.05) is 18.7 Å². The predicted octanol–water partition coefficient (Wildman–Crippen LogP) is 4.96. The molecule has 6 nitrogen and oxygen atoms in total. The van der Waals surface area contributed by atoms with Gasteiger partial charge in [0.05, 0.1) is 24.2 Å². The van der Waals surface area contributed by atoms with Gasteiger partial charge in [-0.2, -0.15) is 0 Å². The molecule has 1 unspecified atom stereocenters. The van der Waals surface area contributed by atoms with Gasteiger partial charge in [-0.3, -0.25) is 14.5 Å². The number of anilines is 1. The summed E-state index contributed by atoms with van der Waals surface area (Å²) in [7, 11) is 1.65. The van der Waals surface area contributed by atoms with E-state index in [9.17, 15) is 9.59 Å². The fourth-order valence-corrected chi connectivity index (χ4v) is 4.86. The Labute approximate surface area is 200 Å². The van der Waals surface area contributed by atoms with Crippen LogP contribution < -0.4 is 9.64 Å². The highest BCUT2D eigenvalue weighted by atomic mass is 16.5. The van der Waals surface area contributed by atoms with Crippen molar-refractivity contribution in [2.24, 2.45) is 5.92 Å². The molecule has 176 valence electrons. The molecule has 2 amide bonds. The van der Waals surface area contributed by atoms with Gasteiger partial charge in [0.1, 0.15) is 18.3 Å². The molecular formula is C28H31N3O3. The number of carbonyl (C=O) groups is 2. The lowest BCUT2D eigenvalue weighted by molar-refractivity contribution is -0.136. The van der Waals surface area contributed by atoms with Crippen molar-refractivity contribution in [2.45, 2.75) is 45.2 Å². The van der Waals surface area contributed by atoms with Gasteiger partial charge in [0.2, 0.25) is 11.8 Å². The van der Waals surface area contributed by atoms with Crippen LogP contribution in [0, 0.1) is 5.92 Å². The van der Waals surface area contributed by atoms with Crippen LogP contribution in [0.25, 0.3) is 5.69 Å². The van der Waals surface area contributed by atoms with Gasteiger partial charge in [0.15, 0.2) is 0 Å². The Bertz CT molecular complexity index is 1190. The largest absolute Gasteiger partial charge is 0.497 e. The predicted molar refractivity (Wildman–Crippen MR) is 132 cm³/mol. The number of carbonyl (C=O) groups excluding carboxylic acids is 2. The zero-order valence-corrected chi connectivity index (χ0v) is 20.0. The SMILES string of the molecule is COc1ccc(C2c3cccn3-c3ccccc3N2C(=O)CN(C(=O)CC(C)C)C2CC2)cc1. The molecule has 1 aromatic heterocycles. The fourth-order valence-electron chi connectivity index (χ4n) is 4.86. The van der Waals surface area contributed by atoms with Crippen LogP contribution in [0.1, 0.15) is 50.4 Å². The van der Waals surface area contributed by atoms with Crippen LogP contribution in [-0.4, -0.2) is 41.0 Å². The molecule has 0 saturated heterocycles. The molecule has 1 saturated carbocycles. The molecule has 1 fully saturated rings. The average molecular weight is 458 g/mol. The molecular weight excluding hydrogens is 426 g/mol. The Hall–Kier alpha value is -3.54. The lowest BCUT2D eigenvalue weighted by Gasteiger charge is -2.39. The van der Waals surface area contributed by atoms with E-state index < -0.39 is 0 Å². The number of methoxy groups -OCH3 is 1. The molecule has 2 aliphatic rings. The van der Waals surface area contributed by atoms with Crippen LogP contribution in [0.2, 0.25) is 0 Å². The van der Waals surface area contributed by atoms with Crippen molar-refractivity contribution in [3.63, 3.8) is 0 Å². The van der Waals surface area contributed by atoms with E-state index in [-0.39, 0.29) is 36.4 Å². The third-order valence-corrected chi connectivity index (χ3v) is 6.62. The number of aromatic nitrogens is 1. The third kappa shape index (κ3) is 4.09. The Kier molecular flexibility index (Phi) is 5.90. The molecule has 0 N–H and O–H groups in total. The lowest BCUT2D eigenvalue weighted by atomic mass is 9.97. The zero-order chi connectivity index (χ0) is 23.8. The Balaban J connectivity index is 1.56. The Morgan fingerprint density at radius 2 is 1.71 bits per heavy atom. The monoisotopic (exact) mass is 457 g/mol. The normalized spacial score (nSPS) is 16.7. The second-order valence-corrected chi connectivity index (χ2v) is 9.58. The van der Waals surface area contributed by atoms with Gasteiger partial charge < -0.3 is 14.2 Å². The van der Waals surface area contributed by atoms with Crippen molar-refractivity contribution in [2.75, 3.05) is 18.6 Å². The van der Waals surface area contributed by atoms with Crippen LogP contribution >= 0.6 is 0 Å². The number of fused-ring (bicyclic) bond motifs is 3. The van der Waals surface area contributed by atoms with Crippen molar-refractivity contribution < 1.29 is 14.3 Å². The van der Waals surface area contributed by atoms with E-state index in [2.05, 4.69) is 10.6 Å². The summed E-state index contributed by atoms with van der Waals surface area (Å²) < 4.78 is 7.50. The fraction of sp³-hybridized carbons (Fsp3) is 0.357. The van der Waals surface area contributed by atoms with Crippen molar-refractivity contribution in [1.82, 2.24) is 9.47 Å². The van der Waals surface area contributed by atoms with Crippen LogP contribution in [0.4, 0.5) is 5.69 Å².